The number of likely N-dealkylation sites (tertiary alicyclic amines) is 1. The van der Waals surface area contributed by atoms with Gasteiger partial charge >= 0.3 is 6.18 Å². The summed E-state index contributed by atoms with van der Waals surface area (Å²) < 4.78 is 42.2. The number of H-pyrrole nitrogens is 1. The molecule has 1 aromatic heterocycles. The maximum atomic E-state index is 12.4. The van der Waals surface area contributed by atoms with Gasteiger partial charge in [0.25, 0.3) is 5.82 Å². The fourth-order valence-electron chi connectivity index (χ4n) is 2.51. The topological polar surface area (TPSA) is 83.1 Å². The van der Waals surface area contributed by atoms with Crippen LogP contribution in [0, 0.1) is 5.92 Å². The highest BCUT2D eigenvalue weighted by Gasteiger charge is 2.36. The maximum Gasteiger partial charge on any atom is 0.453 e. The number of ether oxygens (including phenoxy) is 1. The summed E-state index contributed by atoms with van der Waals surface area (Å²) in [6.45, 7) is 2.81. The van der Waals surface area contributed by atoms with Crippen LogP contribution in [-0.2, 0) is 22.3 Å². The number of rotatable bonds is 6. The quantitative estimate of drug-likeness (QED) is 0.803. The van der Waals surface area contributed by atoms with E-state index in [1.807, 2.05) is 0 Å². The number of aromatic amines is 1. The molecule has 1 atom stereocenters. The number of nitrogens with zero attached hydrogens (tertiary/aromatic N) is 3. The molecule has 130 valence electrons. The summed E-state index contributed by atoms with van der Waals surface area (Å²) >= 11 is 0. The first-order chi connectivity index (χ1) is 10.9. The average molecular weight is 335 g/mol. The molecular weight excluding hydrogens is 315 g/mol. The summed E-state index contributed by atoms with van der Waals surface area (Å²) in [7, 11) is 1.63. The molecule has 0 saturated carbocycles. The number of aromatic nitrogens is 3. The Kier molecular flexibility index (Phi) is 5.94. The maximum absolute atomic E-state index is 12.4. The van der Waals surface area contributed by atoms with Crippen LogP contribution in [0.15, 0.2) is 0 Å². The first-order valence-electron chi connectivity index (χ1n) is 7.37. The first kappa shape index (κ1) is 17.7. The lowest BCUT2D eigenvalue weighted by Crippen LogP contribution is -2.43. The van der Waals surface area contributed by atoms with Crippen molar-refractivity contribution in [3.63, 3.8) is 0 Å². The molecule has 1 amide bonds. The van der Waals surface area contributed by atoms with E-state index in [0.29, 0.717) is 13.2 Å². The first-order valence-corrected chi connectivity index (χ1v) is 7.37. The van der Waals surface area contributed by atoms with Crippen molar-refractivity contribution < 1.29 is 22.7 Å². The van der Waals surface area contributed by atoms with Gasteiger partial charge in [0.15, 0.2) is 0 Å². The van der Waals surface area contributed by atoms with Crippen molar-refractivity contribution in [2.45, 2.75) is 25.6 Å². The molecule has 1 fully saturated rings. The molecule has 1 aliphatic rings. The van der Waals surface area contributed by atoms with Crippen LogP contribution in [0.4, 0.5) is 13.2 Å². The molecule has 0 radical (unpaired) electrons. The van der Waals surface area contributed by atoms with E-state index >= 15 is 0 Å². The molecule has 7 nitrogen and oxygen atoms in total. The lowest BCUT2D eigenvalue weighted by molar-refractivity contribution is -0.144. The molecule has 23 heavy (non-hydrogen) atoms. The standard InChI is InChI=1S/C13H20F3N5O2/c1-23-6-5-21-4-2-3-9(8-21)11(22)17-7-10-18-12(20-19-10)13(14,15)16/h9H,2-8H2,1H3,(H,17,22)(H,18,19,20)/t9-/m1/s1. The highest BCUT2D eigenvalue weighted by atomic mass is 19.4. The highest BCUT2D eigenvalue weighted by molar-refractivity contribution is 5.78. The van der Waals surface area contributed by atoms with Crippen LogP contribution >= 0.6 is 0 Å². The molecule has 0 bridgehead atoms. The van der Waals surface area contributed by atoms with Crippen molar-refractivity contribution in [3.8, 4) is 0 Å². The number of halogens is 3. The molecule has 0 spiro atoms. The summed E-state index contributed by atoms with van der Waals surface area (Å²) in [6, 6.07) is 0. The highest BCUT2D eigenvalue weighted by Crippen LogP contribution is 2.25. The molecule has 2 rings (SSSR count). The average Bonchev–Trinajstić information content (AvgIpc) is 3.00. The largest absolute Gasteiger partial charge is 0.453 e. The van der Waals surface area contributed by atoms with E-state index in [4.69, 9.17) is 4.74 Å². The van der Waals surface area contributed by atoms with Crippen LogP contribution in [-0.4, -0.2) is 59.3 Å². The molecule has 0 aromatic carbocycles. The van der Waals surface area contributed by atoms with Gasteiger partial charge in [-0.3, -0.25) is 9.89 Å². The van der Waals surface area contributed by atoms with E-state index in [-0.39, 0.29) is 24.2 Å². The zero-order valence-electron chi connectivity index (χ0n) is 12.8. The molecule has 1 aromatic rings. The van der Waals surface area contributed by atoms with Crippen LogP contribution < -0.4 is 5.32 Å². The van der Waals surface area contributed by atoms with Crippen LogP contribution in [0.1, 0.15) is 24.5 Å². The summed E-state index contributed by atoms with van der Waals surface area (Å²) in [5.74, 6) is -1.61. The Morgan fingerprint density at radius 2 is 2.30 bits per heavy atom. The van der Waals surface area contributed by atoms with Crippen molar-refractivity contribution in [2.24, 2.45) is 5.92 Å². The van der Waals surface area contributed by atoms with E-state index < -0.39 is 12.0 Å². The third kappa shape index (κ3) is 5.17. The Bertz CT molecular complexity index is 520. The zero-order valence-corrected chi connectivity index (χ0v) is 12.8. The Morgan fingerprint density at radius 1 is 1.52 bits per heavy atom. The summed E-state index contributed by atoms with van der Waals surface area (Å²) in [5.41, 5.74) is 0. The number of carbonyl (C=O) groups excluding carboxylic acids is 1. The van der Waals surface area contributed by atoms with E-state index in [1.165, 1.54) is 0 Å². The van der Waals surface area contributed by atoms with Gasteiger partial charge < -0.3 is 15.0 Å². The summed E-state index contributed by atoms with van der Waals surface area (Å²) in [4.78, 5) is 17.6. The fourth-order valence-corrected chi connectivity index (χ4v) is 2.51. The number of carbonyl (C=O) groups is 1. The van der Waals surface area contributed by atoms with Gasteiger partial charge in [0.2, 0.25) is 5.91 Å². The monoisotopic (exact) mass is 335 g/mol. The van der Waals surface area contributed by atoms with Gasteiger partial charge in [-0.25, -0.2) is 4.98 Å². The van der Waals surface area contributed by atoms with Gasteiger partial charge in [0.1, 0.15) is 5.82 Å². The predicted octanol–water partition coefficient (Wildman–Crippen LogP) is 0.798. The zero-order chi connectivity index (χ0) is 16.9. The molecule has 2 heterocycles. The Balaban J connectivity index is 1.81. The van der Waals surface area contributed by atoms with E-state index in [0.717, 1.165) is 25.9 Å². The number of hydrogen-bond donors (Lipinski definition) is 2. The molecule has 2 N–H and O–H groups in total. The van der Waals surface area contributed by atoms with Gasteiger partial charge in [-0.1, -0.05) is 0 Å². The number of hydrogen-bond acceptors (Lipinski definition) is 5. The normalized spacial score (nSPS) is 19.7. The molecule has 0 unspecified atom stereocenters. The van der Waals surface area contributed by atoms with Crippen LogP contribution in [0.5, 0.6) is 0 Å². The number of methoxy groups -OCH3 is 1. The van der Waals surface area contributed by atoms with Gasteiger partial charge in [0, 0.05) is 20.2 Å². The second-order valence-electron chi connectivity index (χ2n) is 5.45. The predicted molar refractivity (Wildman–Crippen MR) is 74.3 cm³/mol. The number of amides is 1. The Hall–Kier alpha value is -1.68. The van der Waals surface area contributed by atoms with Gasteiger partial charge in [-0.2, -0.15) is 13.2 Å². The minimum absolute atomic E-state index is 0.0160. The molecule has 10 heteroatoms. The van der Waals surface area contributed by atoms with E-state index in [9.17, 15) is 18.0 Å². The van der Waals surface area contributed by atoms with Crippen LogP contribution in [0.2, 0.25) is 0 Å². The molecule has 1 aliphatic heterocycles. The lowest BCUT2D eigenvalue weighted by Gasteiger charge is -2.31. The van der Waals surface area contributed by atoms with Crippen LogP contribution in [0.25, 0.3) is 0 Å². The lowest BCUT2D eigenvalue weighted by atomic mass is 9.97. The van der Waals surface area contributed by atoms with Crippen molar-refractivity contribution >= 4 is 5.91 Å². The Labute approximate surface area is 131 Å². The van der Waals surface area contributed by atoms with Gasteiger partial charge in [0.05, 0.1) is 19.1 Å². The Morgan fingerprint density at radius 3 is 2.96 bits per heavy atom. The van der Waals surface area contributed by atoms with Crippen molar-refractivity contribution in [2.75, 3.05) is 33.4 Å². The number of nitrogens with one attached hydrogen (secondary N) is 2. The minimum atomic E-state index is -4.59. The summed E-state index contributed by atoms with van der Waals surface area (Å²) in [6.07, 6.45) is -2.92. The van der Waals surface area contributed by atoms with Crippen molar-refractivity contribution in [1.29, 1.82) is 0 Å². The fraction of sp³-hybridized carbons (Fsp3) is 0.769. The van der Waals surface area contributed by atoms with Crippen molar-refractivity contribution in [3.05, 3.63) is 11.6 Å². The smallest absolute Gasteiger partial charge is 0.383 e. The van der Waals surface area contributed by atoms with Crippen LogP contribution in [0.3, 0.4) is 0 Å². The molecular formula is C13H20F3N5O2. The van der Waals surface area contributed by atoms with Crippen molar-refractivity contribution in [1.82, 2.24) is 25.4 Å². The molecule has 1 saturated heterocycles. The SMILES string of the molecule is COCCN1CCC[C@@H](C(=O)NCc2nc(C(F)(F)F)n[nH]2)C1. The third-order valence-electron chi connectivity index (χ3n) is 3.70. The molecule has 0 aliphatic carbocycles. The number of alkyl halides is 3. The third-order valence-corrected chi connectivity index (χ3v) is 3.70. The van der Waals surface area contributed by atoms with E-state index in [1.54, 1.807) is 7.11 Å². The van der Waals surface area contributed by atoms with E-state index in [2.05, 4.69) is 25.4 Å². The number of piperidine rings is 1. The minimum Gasteiger partial charge on any atom is -0.383 e. The summed E-state index contributed by atoms with van der Waals surface area (Å²) in [5, 5.41) is 7.89. The second kappa shape index (κ2) is 7.73. The van der Waals surface area contributed by atoms with Gasteiger partial charge in [-0.15, -0.1) is 5.10 Å². The second-order valence-corrected chi connectivity index (χ2v) is 5.45. The van der Waals surface area contributed by atoms with Gasteiger partial charge in [-0.05, 0) is 19.4 Å².